The van der Waals surface area contributed by atoms with Crippen LogP contribution in [0.1, 0.15) is 6.92 Å². The van der Waals surface area contributed by atoms with Crippen molar-refractivity contribution in [3.05, 3.63) is 0 Å². The Morgan fingerprint density at radius 3 is 1.81 bits per heavy atom. The molecule has 8 nitrogen and oxygen atoms in total. The van der Waals surface area contributed by atoms with Gasteiger partial charge in [-0.15, -0.1) is 0 Å². The molecule has 0 saturated carbocycles. The molecule has 4 amide bonds. The Bertz CT molecular complexity index is 214. The van der Waals surface area contributed by atoms with Gasteiger partial charge in [0.2, 0.25) is 25.1 Å². The van der Waals surface area contributed by atoms with E-state index in [4.69, 9.17) is 0 Å². The van der Waals surface area contributed by atoms with Crippen molar-refractivity contribution in [2.45, 2.75) is 6.92 Å². The summed E-state index contributed by atoms with van der Waals surface area (Å²) in [4.78, 5) is 40.3. The number of hydrogen-bond donors (Lipinski definition) is 3. The molecule has 0 aliphatic rings. The summed E-state index contributed by atoms with van der Waals surface area (Å²) in [5.74, 6) is -0.0654. The maximum absolute atomic E-state index is 10.4. The van der Waals surface area contributed by atoms with E-state index in [0.717, 1.165) is 0 Å². The fourth-order valence-electron chi connectivity index (χ4n) is 0.428. The van der Waals surface area contributed by atoms with Gasteiger partial charge in [-0.1, -0.05) is 0 Å². The van der Waals surface area contributed by atoms with Crippen molar-refractivity contribution >= 4 is 25.1 Å². The first-order valence-electron chi connectivity index (χ1n) is 4.32. The van der Waals surface area contributed by atoms with E-state index < -0.39 is 0 Å². The number of nitrogens with zero attached hydrogens (tertiary/aromatic N) is 1. The normalized spacial score (nSPS) is 7.62. The minimum absolute atomic E-state index is 0.0654. The standard InChI is InChI=1S/C5H10N2O2.C3H6N2O2/c1-5(9)7(2)3-6-4-8;6-2-4-1-5-3-7/h4H,3H2,1-2H3,(H,6,8);2-3H,1H2,(H,4,6)(H,5,7). The third-order valence-corrected chi connectivity index (χ3v) is 1.32. The van der Waals surface area contributed by atoms with Crippen LogP contribution < -0.4 is 16.0 Å². The van der Waals surface area contributed by atoms with Crippen molar-refractivity contribution < 1.29 is 19.2 Å². The first-order valence-corrected chi connectivity index (χ1v) is 4.32. The zero-order valence-electron chi connectivity index (χ0n) is 9.23. The second-order valence-electron chi connectivity index (χ2n) is 2.52. The number of carbonyl (C=O) groups excluding carboxylic acids is 4. The number of amides is 4. The van der Waals surface area contributed by atoms with Gasteiger partial charge in [-0.25, -0.2) is 0 Å². The smallest absolute Gasteiger partial charge is 0.220 e. The molecule has 0 rings (SSSR count). The van der Waals surface area contributed by atoms with Crippen LogP contribution in [-0.4, -0.2) is 50.4 Å². The molecule has 92 valence electrons. The summed E-state index contributed by atoms with van der Waals surface area (Å²) in [6.07, 6.45) is 1.58. The number of nitrogens with one attached hydrogen (secondary N) is 3. The second-order valence-corrected chi connectivity index (χ2v) is 2.52. The highest BCUT2D eigenvalue weighted by Crippen LogP contribution is 1.76. The average molecular weight is 232 g/mol. The van der Waals surface area contributed by atoms with E-state index in [9.17, 15) is 19.2 Å². The van der Waals surface area contributed by atoms with Crippen LogP contribution >= 0.6 is 0 Å². The van der Waals surface area contributed by atoms with Crippen molar-refractivity contribution in [3.8, 4) is 0 Å². The molecule has 0 aliphatic heterocycles. The lowest BCUT2D eigenvalue weighted by molar-refractivity contribution is -0.128. The van der Waals surface area contributed by atoms with Crippen molar-refractivity contribution in [1.82, 2.24) is 20.9 Å². The molecule has 0 bridgehead atoms. The predicted octanol–water partition coefficient (Wildman–Crippen LogP) is -2.40. The topological polar surface area (TPSA) is 108 Å². The van der Waals surface area contributed by atoms with Crippen molar-refractivity contribution in [3.63, 3.8) is 0 Å². The summed E-state index contributed by atoms with van der Waals surface area (Å²) >= 11 is 0. The molecule has 0 spiro atoms. The van der Waals surface area contributed by atoms with Crippen LogP contribution in [0, 0.1) is 0 Å². The first kappa shape index (κ1) is 16.3. The zero-order chi connectivity index (χ0) is 12.8. The van der Waals surface area contributed by atoms with E-state index in [1.165, 1.54) is 11.8 Å². The SMILES string of the molecule is CC(=O)N(C)CNC=O.O=CNCNC=O. The molecule has 0 saturated heterocycles. The van der Waals surface area contributed by atoms with Gasteiger partial charge < -0.3 is 20.9 Å². The predicted molar refractivity (Wildman–Crippen MR) is 55.8 cm³/mol. The van der Waals surface area contributed by atoms with Crippen molar-refractivity contribution in [2.24, 2.45) is 0 Å². The van der Waals surface area contributed by atoms with Gasteiger partial charge in [0.25, 0.3) is 0 Å². The van der Waals surface area contributed by atoms with E-state index in [-0.39, 0.29) is 19.2 Å². The molecule has 0 aromatic carbocycles. The van der Waals surface area contributed by atoms with Crippen LogP contribution in [0.5, 0.6) is 0 Å². The molecule has 0 aliphatic carbocycles. The highest BCUT2D eigenvalue weighted by molar-refractivity contribution is 5.72. The molecule has 8 heteroatoms. The fraction of sp³-hybridized carbons (Fsp3) is 0.500. The minimum atomic E-state index is -0.0654. The summed E-state index contributed by atoms with van der Waals surface area (Å²) < 4.78 is 0. The molecule has 3 N–H and O–H groups in total. The Labute approximate surface area is 93.4 Å². The van der Waals surface area contributed by atoms with Crippen molar-refractivity contribution in [1.29, 1.82) is 0 Å². The zero-order valence-corrected chi connectivity index (χ0v) is 9.23. The van der Waals surface area contributed by atoms with Crippen LogP contribution in [0.25, 0.3) is 0 Å². The quantitative estimate of drug-likeness (QED) is 0.258. The van der Waals surface area contributed by atoms with Gasteiger partial charge in [-0.3, -0.25) is 19.2 Å². The average Bonchev–Trinajstić information content (AvgIpc) is 2.27. The lowest BCUT2D eigenvalue weighted by atomic mass is 10.6. The largest absolute Gasteiger partial charge is 0.341 e. The van der Waals surface area contributed by atoms with E-state index in [2.05, 4.69) is 16.0 Å². The number of hydrogen-bond acceptors (Lipinski definition) is 4. The van der Waals surface area contributed by atoms with Crippen LogP contribution in [0.4, 0.5) is 0 Å². The Balaban J connectivity index is 0. The molecule has 0 aromatic rings. The summed E-state index contributed by atoms with van der Waals surface area (Å²) in [7, 11) is 1.61. The molecule has 0 fully saturated rings. The van der Waals surface area contributed by atoms with E-state index in [0.29, 0.717) is 19.2 Å². The fourth-order valence-corrected chi connectivity index (χ4v) is 0.428. The van der Waals surface area contributed by atoms with Gasteiger partial charge in [-0.2, -0.15) is 0 Å². The summed E-state index contributed by atoms with van der Waals surface area (Å²) in [6, 6.07) is 0. The minimum Gasteiger partial charge on any atom is -0.341 e. The van der Waals surface area contributed by atoms with Crippen LogP contribution in [0.15, 0.2) is 0 Å². The maximum Gasteiger partial charge on any atom is 0.220 e. The lowest BCUT2D eigenvalue weighted by Crippen LogP contribution is -2.33. The highest BCUT2D eigenvalue weighted by Gasteiger charge is 1.97. The Kier molecular flexibility index (Phi) is 13.1. The molecule has 0 heterocycles. The Morgan fingerprint density at radius 1 is 1.06 bits per heavy atom. The third-order valence-electron chi connectivity index (χ3n) is 1.32. The molecular weight excluding hydrogens is 216 g/mol. The van der Waals surface area contributed by atoms with Gasteiger partial charge in [0.05, 0.1) is 13.3 Å². The van der Waals surface area contributed by atoms with Crippen LogP contribution in [0.3, 0.4) is 0 Å². The summed E-state index contributed by atoms with van der Waals surface area (Å²) in [6.45, 7) is 1.91. The molecular formula is C8H16N4O4. The monoisotopic (exact) mass is 232 g/mol. The lowest BCUT2D eigenvalue weighted by Gasteiger charge is -2.12. The van der Waals surface area contributed by atoms with E-state index >= 15 is 0 Å². The highest BCUT2D eigenvalue weighted by atomic mass is 16.2. The summed E-state index contributed by atoms with van der Waals surface area (Å²) in [5, 5.41) is 6.81. The van der Waals surface area contributed by atoms with Gasteiger partial charge >= 0.3 is 0 Å². The van der Waals surface area contributed by atoms with Gasteiger partial charge in [0, 0.05) is 14.0 Å². The van der Waals surface area contributed by atoms with Gasteiger partial charge in [0.1, 0.15) is 0 Å². The third kappa shape index (κ3) is 14.4. The molecule has 0 unspecified atom stereocenters. The van der Waals surface area contributed by atoms with Gasteiger partial charge in [0.15, 0.2) is 0 Å². The Hall–Kier alpha value is -2.12. The molecule has 0 aromatic heterocycles. The molecule has 0 atom stereocenters. The van der Waals surface area contributed by atoms with Crippen LogP contribution in [-0.2, 0) is 19.2 Å². The number of carbonyl (C=O) groups is 4. The van der Waals surface area contributed by atoms with Crippen molar-refractivity contribution in [2.75, 3.05) is 20.4 Å². The number of rotatable bonds is 7. The van der Waals surface area contributed by atoms with Gasteiger partial charge in [-0.05, 0) is 0 Å². The first-order chi connectivity index (χ1) is 7.59. The van der Waals surface area contributed by atoms with E-state index in [1.54, 1.807) is 7.05 Å². The van der Waals surface area contributed by atoms with Crippen LogP contribution in [0.2, 0.25) is 0 Å². The summed E-state index contributed by atoms with van der Waals surface area (Å²) in [5.41, 5.74) is 0. The van der Waals surface area contributed by atoms with E-state index in [1.807, 2.05) is 0 Å². The Morgan fingerprint density at radius 2 is 1.50 bits per heavy atom. The molecule has 0 radical (unpaired) electrons. The maximum atomic E-state index is 10.4. The second kappa shape index (κ2) is 12.9. The molecule has 16 heavy (non-hydrogen) atoms.